The lowest BCUT2D eigenvalue weighted by atomic mass is 9.95. The van der Waals surface area contributed by atoms with Crippen LogP contribution in [0.25, 0.3) is 5.76 Å². The van der Waals surface area contributed by atoms with Crippen molar-refractivity contribution in [1.29, 1.82) is 5.26 Å². The predicted molar refractivity (Wildman–Crippen MR) is 124 cm³/mol. The molecule has 1 N–H and O–H groups in total. The molecule has 170 valence electrons. The van der Waals surface area contributed by atoms with E-state index < -0.39 is 17.7 Å². The third-order valence-electron chi connectivity index (χ3n) is 5.48. The van der Waals surface area contributed by atoms with Crippen molar-refractivity contribution in [2.45, 2.75) is 13.0 Å². The second-order valence-electron chi connectivity index (χ2n) is 7.41. The van der Waals surface area contributed by atoms with Crippen LogP contribution in [0, 0.1) is 11.3 Å². The molecule has 3 aromatic rings. The molecule has 1 atom stereocenters. The largest absolute Gasteiger partial charge is 0.507 e. The SMILES string of the molecule is CCOc1cc(C2/C(=C(/O)c3ccncc3)C(=O)C(=O)N2c2ccc(C#N)cc2)ccc1OC. The molecule has 1 amide bonds. The number of hydrogen-bond acceptors (Lipinski definition) is 7. The number of aliphatic hydroxyl groups is 1. The third kappa shape index (κ3) is 3.95. The third-order valence-corrected chi connectivity index (χ3v) is 5.48. The van der Waals surface area contributed by atoms with Crippen molar-refractivity contribution in [3.05, 3.63) is 89.3 Å². The van der Waals surface area contributed by atoms with Crippen LogP contribution in [0.3, 0.4) is 0 Å². The van der Waals surface area contributed by atoms with Gasteiger partial charge in [-0.05, 0) is 61.0 Å². The lowest BCUT2D eigenvalue weighted by Gasteiger charge is -2.26. The van der Waals surface area contributed by atoms with Gasteiger partial charge >= 0.3 is 0 Å². The number of ketones is 1. The summed E-state index contributed by atoms with van der Waals surface area (Å²) in [5, 5.41) is 20.2. The van der Waals surface area contributed by atoms with E-state index in [0.29, 0.717) is 40.5 Å². The number of aromatic nitrogens is 1. The van der Waals surface area contributed by atoms with Crippen LogP contribution in [0.4, 0.5) is 5.69 Å². The molecule has 8 nitrogen and oxygen atoms in total. The first-order valence-electron chi connectivity index (χ1n) is 10.5. The fourth-order valence-corrected chi connectivity index (χ4v) is 3.91. The highest BCUT2D eigenvalue weighted by molar-refractivity contribution is 6.51. The molecule has 0 saturated carbocycles. The Morgan fingerprint density at radius 1 is 1.09 bits per heavy atom. The van der Waals surface area contributed by atoms with Crippen LogP contribution in [0.2, 0.25) is 0 Å². The molecule has 1 saturated heterocycles. The highest BCUT2D eigenvalue weighted by Gasteiger charge is 2.47. The minimum absolute atomic E-state index is 0.0619. The molecule has 0 radical (unpaired) electrons. The van der Waals surface area contributed by atoms with Crippen molar-refractivity contribution >= 4 is 23.1 Å². The van der Waals surface area contributed by atoms with Crippen molar-refractivity contribution < 1.29 is 24.2 Å². The van der Waals surface area contributed by atoms with Crippen LogP contribution in [0.15, 0.2) is 72.6 Å². The number of amides is 1. The molecule has 4 rings (SSSR count). The Morgan fingerprint density at radius 2 is 1.79 bits per heavy atom. The first kappa shape index (κ1) is 22.6. The lowest BCUT2D eigenvalue weighted by molar-refractivity contribution is -0.132. The van der Waals surface area contributed by atoms with Crippen molar-refractivity contribution in [3.63, 3.8) is 0 Å². The maximum Gasteiger partial charge on any atom is 0.300 e. The zero-order valence-electron chi connectivity index (χ0n) is 18.6. The van der Waals surface area contributed by atoms with Gasteiger partial charge in [-0.25, -0.2) is 0 Å². The molecule has 1 aromatic heterocycles. The summed E-state index contributed by atoms with van der Waals surface area (Å²) in [6, 6.07) is 15.6. The average molecular weight is 455 g/mol. The van der Waals surface area contributed by atoms with Crippen LogP contribution in [-0.2, 0) is 9.59 Å². The van der Waals surface area contributed by atoms with Crippen molar-refractivity contribution in [2.75, 3.05) is 18.6 Å². The van der Waals surface area contributed by atoms with E-state index in [0.717, 1.165) is 0 Å². The van der Waals surface area contributed by atoms with E-state index in [1.165, 1.54) is 24.4 Å². The molecular weight excluding hydrogens is 434 g/mol. The molecule has 8 heteroatoms. The van der Waals surface area contributed by atoms with E-state index in [2.05, 4.69) is 4.98 Å². The summed E-state index contributed by atoms with van der Waals surface area (Å²) in [6.07, 6.45) is 2.97. The van der Waals surface area contributed by atoms with E-state index in [9.17, 15) is 14.7 Å². The number of nitriles is 1. The van der Waals surface area contributed by atoms with E-state index in [1.807, 2.05) is 13.0 Å². The monoisotopic (exact) mass is 455 g/mol. The Labute approximate surface area is 196 Å². The number of carbonyl (C=O) groups is 2. The van der Waals surface area contributed by atoms with Gasteiger partial charge in [-0.3, -0.25) is 19.5 Å². The number of rotatable bonds is 6. The molecule has 1 unspecified atom stereocenters. The molecular formula is C26H21N3O5. The maximum absolute atomic E-state index is 13.2. The Bertz CT molecular complexity index is 1310. The first-order valence-corrected chi connectivity index (χ1v) is 10.5. The molecule has 1 aliphatic heterocycles. The smallest absolute Gasteiger partial charge is 0.300 e. The topological polar surface area (TPSA) is 113 Å². The second-order valence-corrected chi connectivity index (χ2v) is 7.41. The van der Waals surface area contributed by atoms with Crippen molar-refractivity contribution in [3.8, 4) is 17.6 Å². The zero-order valence-corrected chi connectivity index (χ0v) is 18.6. The van der Waals surface area contributed by atoms with Crippen molar-refractivity contribution in [1.82, 2.24) is 4.98 Å². The molecule has 34 heavy (non-hydrogen) atoms. The fourth-order valence-electron chi connectivity index (χ4n) is 3.91. The minimum Gasteiger partial charge on any atom is -0.507 e. The first-order chi connectivity index (χ1) is 16.5. The normalized spacial score (nSPS) is 16.9. The number of nitrogens with zero attached hydrogens (tertiary/aromatic N) is 3. The van der Waals surface area contributed by atoms with Gasteiger partial charge < -0.3 is 14.6 Å². The molecule has 1 fully saturated rings. The summed E-state index contributed by atoms with van der Waals surface area (Å²) in [4.78, 5) is 31.7. The summed E-state index contributed by atoms with van der Waals surface area (Å²) >= 11 is 0. The Morgan fingerprint density at radius 3 is 2.41 bits per heavy atom. The molecule has 1 aliphatic rings. The van der Waals surface area contributed by atoms with E-state index in [4.69, 9.17) is 14.7 Å². The van der Waals surface area contributed by atoms with Crippen LogP contribution < -0.4 is 14.4 Å². The summed E-state index contributed by atoms with van der Waals surface area (Å²) in [5.41, 5.74) is 1.67. The number of benzene rings is 2. The van der Waals surface area contributed by atoms with Gasteiger partial charge in [0.1, 0.15) is 5.76 Å². The molecule has 2 heterocycles. The van der Waals surface area contributed by atoms with Gasteiger partial charge in [-0.1, -0.05) is 6.07 Å². The van der Waals surface area contributed by atoms with Crippen LogP contribution in [-0.4, -0.2) is 35.5 Å². The van der Waals surface area contributed by atoms with Crippen LogP contribution >= 0.6 is 0 Å². The summed E-state index contributed by atoms with van der Waals surface area (Å²) in [5.74, 6) is -0.987. The number of methoxy groups -OCH3 is 1. The molecule has 0 aliphatic carbocycles. The van der Waals surface area contributed by atoms with Crippen LogP contribution in [0.5, 0.6) is 11.5 Å². The van der Waals surface area contributed by atoms with Gasteiger partial charge in [-0.2, -0.15) is 5.26 Å². The summed E-state index contributed by atoms with van der Waals surface area (Å²) in [6.45, 7) is 2.21. The van der Waals surface area contributed by atoms with Gasteiger partial charge in [0, 0.05) is 23.6 Å². The van der Waals surface area contributed by atoms with Gasteiger partial charge in [-0.15, -0.1) is 0 Å². The Kier molecular flexibility index (Phi) is 6.28. The Hall–Kier alpha value is -4.64. The van der Waals surface area contributed by atoms with Gasteiger partial charge in [0.25, 0.3) is 11.7 Å². The minimum atomic E-state index is -0.939. The fraction of sp³-hybridized carbons (Fsp3) is 0.154. The number of pyridine rings is 1. The van der Waals surface area contributed by atoms with Gasteiger partial charge in [0.15, 0.2) is 11.5 Å². The highest BCUT2D eigenvalue weighted by Crippen LogP contribution is 2.44. The molecule has 0 bridgehead atoms. The molecule has 2 aromatic carbocycles. The second kappa shape index (κ2) is 9.46. The Balaban J connectivity index is 1.95. The molecule has 0 spiro atoms. The van der Waals surface area contributed by atoms with E-state index in [-0.39, 0.29) is 11.3 Å². The predicted octanol–water partition coefficient (Wildman–Crippen LogP) is 3.99. The number of aliphatic hydroxyl groups excluding tert-OH is 1. The zero-order chi connectivity index (χ0) is 24.2. The maximum atomic E-state index is 13.2. The summed E-state index contributed by atoms with van der Waals surface area (Å²) in [7, 11) is 1.52. The lowest BCUT2D eigenvalue weighted by Crippen LogP contribution is -2.29. The van der Waals surface area contributed by atoms with Crippen molar-refractivity contribution in [2.24, 2.45) is 0 Å². The number of Topliss-reactive ketones (excluding diaryl/α,β-unsaturated/α-hetero) is 1. The number of anilines is 1. The average Bonchev–Trinajstić information content (AvgIpc) is 3.14. The quantitative estimate of drug-likeness (QED) is 0.340. The number of ether oxygens (including phenoxy) is 2. The van der Waals surface area contributed by atoms with Crippen LogP contribution in [0.1, 0.15) is 29.7 Å². The number of carbonyl (C=O) groups excluding carboxylic acids is 2. The number of hydrogen-bond donors (Lipinski definition) is 1. The standard InChI is InChI=1S/C26H21N3O5/c1-3-34-21-14-18(6-9-20(21)33-2)23-22(24(30)17-10-12-28-13-11-17)25(31)26(32)29(23)19-7-4-16(15-27)5-8-19/h4-14,23,30H,3H2,1-2H3/b24-22-. The highest BCUT2D eigenvalue weighted by atomic mass is 16.5. The summed E-state index contributed by atoms with van der Waals surface area (Å²) < 4.78 is 11.1. The van der Waals surface area contributed by atoms with Gasteiger partial charge in [0.05, 0.1) is 37.0 Å². The van der Waals surface area contributed by atoms with E-state index in [1.54, 1.807) is 54.6 Å². The van der Waals surface area contributed by atoms with Gasteiger partial charge in [0.2, 0.25) is 0 Å². The van der Waals surface area contributed by atoms with E-state index >= 15 is 0 Å².